The van der Waals surface area contributed by atoms with Crippen molar-refractivity contribution in [3.8, 4) is 0 Å². The standard InChI is InChI=1S/C8H9ClN2O2/c9-5-1-2-7(6(10)3-5)11-4-8(12)13/h1-3,11H,4,10H2,(H,12,13). The van der Waals surface area contributed by atoms with Crippen LogP contribution in [0.25, 0.3) is 0 Å². The lowest BCUT2D eigenvalue weighted by atomic mass is 10.2. The van der Waals surface area contributed by atoms with Crippen LogP contribution in [-0.4, -0.2) is 17.6 Å². The molecule has 5 heteroatoms. The van der Waals surface area contributed by atoms with Gasteiger partial charge < -0.3 is 16.2 Å². The first-order chi connectivity index (χ1) is 6.09. The van der Waals surface area contributed by atoms with Gasteiger partial charge in [0.15, 0.2) is 0 Å². The zero-order chi connectivity index (χ0) is 9.84. The molecular formula is C8H9ClN2O2. The Balaban J connectivity index is 2.72. The van der Waals surface area contributed by atoms with Crippen LogP contribution in [0.2, 0.25) is 5.02 Å². The van der Waals surface area contributed by atoms with Crippen molar-refractivity contribution in [2.75, 3.05) is 17.6 Å². The molecule has 1 rings (SSSR count). The number of hydrogen-bond donors (Lipinski definition) is 3. The normalized spacial score (nSPS) is 9.62. The van der Waals surface area contributed by atoms with Gasteiger partial charge in [-0.3, -0.25) is 4.79 Å². The predicted octanol–water partition coefficient (Wildman–Crippen LogP) is 1.42. The van der Waals surface area contributed by atoms with E-state index in [4.69, 9.17) is 22.4 Å². The van der Waals surface area contributed by atoms with Gasteiger partial charge in [-0.2, -0.15) is 0 Å². The number of benzene rings is 1. The highest BCUT2D eigenvalue weighted by atomic mass is 35.5. The second kappa shape index (κ2) is 4.00. The Bertz CT molecular complexity index is 328. The molecule has 0 saturated carbocycles. The summed E-state index contributed by atoms with van der Waals surface area (Å²) in [6.07, 6.45) is 0. The Morgan fingerprint density at radius 1 is 1.62 bits per heavy atom. The van der Waals surface area contributed by atoms with Crippen LogP contribution in [0.15, 0.2) is 18.2 Å². The van der Waals surface area contributed by atoms with Crippen molar-refractivity contribution in [1.29, 1.82) is 0 Å². The Labute approximate surface area is 80.3 Å². The number of carboxylic acids is 1. The molecule has 0 bridgehead atoms. The van der Waals surface area contributed by atoms with Crippen molar-refractivity contribution in [3.63, 3.8) is 0 Å². The summed E-state index contributed by atoms with van der Waals surface area (Å²) in [5.41, 5.74) is 6.58. The molecule has 1 aromatic carbocycles. The van der Waals surface area contributed by atoms with E-state index in [-0.39, 0.29) is 6.54 Å². The number of hydrogen-bond acceptors (Lipinski definition) is 3. The van der Waals surface area contributed by atoms with Crippen molar-refractivity contribution in [1.82, 2.24) is 0 Å². The molecule has 0 radical (unpaired) electrons. The second-order valence-electron chi connectivity index (χ2n) is 2.48. The number of nitrogens with one attached hydrogen (secondary N) is 1. The number of nitrogen functional groups attached to an aromatic ring is 1. The second-order valence-corrected chi connectivity index (χ2v) is 2.92. The smallest absolute Gasteiger partial charge is 0.322 e. The third kappa shape index (κ3) is 2.83. The first-order valence-corrected chi connectivity index (χ1v) is 3.98. The Morgan fingerprint density at radius 3 is 2.85 bits per heavy atom. The summed E-state index contributed by atoms with van der Waals surface area (Å²) in [5, 5.41) is 11.6. The monoisotopic (exact) mass is 200 g/mol. The van der Waals surface area contributed by atoms with Crippen molar-refractivity contribution in [2.45, 2.75) is 0 Å². The molecule has 70 valence electrons. The molecule has 0 unspecified atom stereocenters. The number of aliphatic carboxylic acids is 1. The maximum absolute atomic E-state index is 10.2. The summed E-state index contributed by atoms with van der Waals surface area (Å²) in [4.78, 5) is 10.2. The summed E-state index contributed by atoms with van der Waals surface area (Å²) in [6, 6.07) is 4.84. The van der Waals surface area contributed by atoms with Crippen molar-refractivity contribution in [3.05, 3.63) is 23.2 Å². The summed E-state index contributed by atoms with van der Waals surface area (Å²) in [6.45, 7) is -0.161. The average Bonchev–Trinajstić information content (AvgIpc) is 2.02. The summed E-state index contributed by atoms with van der Waals surface area (Å²) < 4.78 is 0. The number of halogens is 1. The third-order valence-electron chi connectivity index (χ3n) is 1.44. The highest BCUT2D eigenvalue weighted by Crippen LogP contribution is 2.22. The molecule has 4 N–H and O–H groups in total. The van der Waals surface area contributed by atoms with E-state index in [9.17, 15) is 4.79 Å². The molecule has 4 nitrogen and oxygen atoms in total. The first-order valence-electron chi connectivity index (χ1n) is 3.60. The average molecular weight is 201 g/mol. The number of carboxylic acid groups (broad SMARTS) is 1. The molecule has 0 spiro atoms. The SMILES string of the molecule is Nc1cc(Cl)ccc1NCC(=O)O. The topological polar surface area (TPSA) is 75.3 Å². The highest BCUT2D eigenvalue weighted by Gasteiger charge is 2.01. The molecule has 1 aromatic rings. The van der Waals surface area contributed by atoms with Gasteiger partial charge in [0.05, 0.1) is 11.4 Å². The summed E-state index contributed by atoms with van der Waals surface area (Å²) >= 11 is 5.66. The number of nitrogens with two attached hydrogens (primary N) is 1. The van der Waals surface area contributed by atoms with Crippen LogP contribution in [0.3, 0.4) is 0 Å². The van der Waals surface area contributed by atoms with Gasteiger partial charge in [-0.1, -0.05) is 11.6 Å². The first kappa shape index (κ1) is 9.67. The van der Waals surface area contributed by atoms with E-state index in [1.807, 2.05) is 0 Å². The lowest BCUT2D eigenvalue weighted by Gasteiger charge is -2.06. The van der Waals surface area contributed by atoms with Gasteiger partial charge in [0.1, 0.15) is 6.54 Å². The molecule has 13 heavy (non-hydrogen) atoms. The fraction of sp³-hybridized carbons (Fsp3) is 0.125. The quantitative estimate of drug-likeness (QED) is 0.645. The van der Waals surface area contributed by atoms with E-state index in [1.165, 1.54) is 0 Å². The van der Waals surface area contributed by atoms with Crippen LogP contribution in [0.4, 0.5) is 11.4 Å². The highest BCUT2D eigenvalue weighted by molar-refractivity contribution is 6.31. The summed E-state index contributed by atoms with van der Waals surface area (Å²) in [5.74, 6) is -0.936. The minimum atomic E-state index is -0.936. The van der Waals surface area contributed by atoms with E-state index in [1.54, 1.807) is 18.2 Å². The molecule has 0 aromatic heterocycles. The minimum absolute atomic E-state index is 0.161. The Kier molecular flexibility index (Phi) is 2.97. The molecule has 0 saturated heterocycles. The number of carbonyl (C=O) groups is 1. The fourth-order valence-electron chi connectivity index (χ4n) is 0.865. The van der Waals surface area contributed by atoms with Crippen LogP contribution in [0.5, 0.6) is 0 Å². The lowest BCUT2D eigenvalue weighted by Crippen LogP contribution is -2.13. The maximum atomic E-state index is 10.2. The van der Waals surface area contributed by atoms with Crippen molar-refractivity contribution < 1.29 is 9.90 Å². The van der Waals surface area contributed by atoms with E-state index in [2.05, 4.69) is 5.32 Å². The zero-order valence-corrected chi connectivity index (χ0v) is 7.51. The molecule has 0 aliphatic carbocycles. The zero-order valence-electron chi connectivity index (χ0n) is 6.75. The van der Waals surface area contributed by atoms with Gasteiger partial charge in [-0.15, -0.1) is 0 Å². The van der Waals surface area contributed by atoms with Crippen molar-refractivity contribution in [2.24, 2.45) is 0 Å². The van der Waals surface area contributed by atoms with Crippen LogP contribution in [0.1, 0.15) is 0 Å². The third-order valence-corrected chi connectivity index (χ3v) is 1.68. The Morgan fingerprint density at radius 2 is 2.31 bits per heavy atom. The van der Waals surface area contributed by atoms with Crippen LogP contribution in [-0.2, 0) is 4.79 Å². The van der Waals surface area contributed by atoms with Gasteiger partial charge in [0.2, 0.25) is 0 Å². The molecular weight excluding hydrogens is 192 g/mol. The van der Waals surface area contributed by atoms with Crippen LogP contribution < -0.4 is 11.1 Å². The van der Waals surface area contributed by atoms with Crippen LogP contribution >= 0.6 is 11.6 Å². The number of anilines is 2. The van der Waals surface area contributed by atoms with Gasteiger partial charge in [0.25, 0.3) is 0 Å². The Hall–Kier alpha value is -1.42. The predicted molar refractivity (Wildman–Crippen MR) is 52.0 cm³/mol. The molecule has 0 fully saturated rings. The largest absolute Gasteiger partial charge is 0.480 e. The molecule has 0 heterocycles. The van der Waals surface area contributed by atoms with Crippen molar-refractivity contribution >= 4 is 28.9 Å². The molecule has 0 aliphatic rings. The minimum Gasteiger partial charge on any atom is -0.480 e. The van der Waals surface area contributed by atoms with Gasteiger partial charge >= 0.3 is 5.97 Å². The lowest BCUT2D eigenvalue weighted by molar-refractivity contribution is -0.134. The van der Waals surface area contributed by atoms with Crippen LogP contribution in [0, 0.1) is 0 Å². The summed E-state index contributed by atoms with van der Waals surface area (Å²) in [7, 11) is 0. The van der Waals surface area contributed by atoms with E-state index in [0.717, 1.165) is 0 Å². The maximum Gasteiger partial charge on any atom is 0.322 e. The number of rotatable bonds is 3. The van der Waals surface area contributed by atoms with E-state index >= 15 is 0 Å². The van der Waals surface area contributed by atoms with Gasteiger partial charge in [-0.05, 0) is 18.2 Å². The molecule has 0 amide bonds. The van der Waals surface area contributed by atoms with Gasteiger partial charge in [0, 0.05) is 5.02 Å². The fourth-order valence-corrected chi connectivity index (χ4v) is 1.05. The van der Waals surface area contributed by atoms with Gasteiger partial charge in [-0.25, -0.2) is 0 Å². The molecule has 0 aliphatic heterocycles. The van der Waals surface area contributed by atoms with E-state index in [0.29, 0.717) is 16.4 Å². The van der Waals surface area contributed by atoms with E-state index < -0.39 is 5.97 Å². The molecule has 0 atom stereocenters.